The molecule has 3 rings (SSSR count). The van der Waals surface area contributed by atoms with Crippen molar-refractivity contribution in [1.29, 1.82) is 0 Å². The van der Waals surface area contributed by atoms with Crippen molar-refractivity contribution in [2.24, 2.45) is 5.92 Å². The number of aromatic nitrogens is 2. The van der Waals surface area contributed by atoms with Crippen molar-refractivity contribution in [3.05, 3.63) is 47.5 Å². The van der Waals surface area contributed by atoms with Crippen LogP contribution < -0.4 is 0 Å². The lowest BCUT2D eigenvalue weighted by Gasteiger charge is -2.29. The summed E-state index contributed by atoms with van der Waals surface area (Å²) in [6.45, 7) is 4.53. The molecule has 2 aromatic rings. The second-order valence-electron chi connectivity index (χ2n) is 10.9. The van der Waals surface area contributed by atoms with Gasteiger partial charge in [0, 0.05) is 18.0 Å². The number of unbranched alkanes of at least 4 members (excludes halogenated alkanes) is 10. The maximum Gasteiger partial charge on any atom is 0.159 e. The molecule has 35 heavy (non-hydrogen) atoms. The smallest absolute Gasteiger partial charge is 0.159 e. The lowest BCUT2D eigenvalue weighted by atomic mass is 9.76. The predicted octanol–water partition coefficient (Wildman–Crippen LogP) is 10.2. The molecule has 0 atom stereocenters. The molecule has 1 aromatic heterocycles. The third-order valence-corrected chi connectivity index (χ3v) is 8.04. The highest BCUT2D eigenvalue weighted by atomic mass is 19.1. The SMILES string of the molecule is CCCCCCCCc1cnc(-c2ccc([C@H]3CC[C@H](CCCCCCCC)CC3)c(F)c2)nc1. The van der Waals surface area contributed by atoms with Crippen LogP contribution in [0.15, 0.2) is 30.6 Å². The normalized spacial score (nSPS) is 18.1. The van der Waals surface area contributed by atoms with Crippen molar-refractivity contribution in [3.63, 3.8) is 0 Å². The molecule has 2 nitrogen and oxygen atoms in total. The van der Waals surface area contributed by atoms with Crippen LogP contribution in [0.2, 0.25) is 0 Å². The number of nitrogens with zero attached hydrogens (tertiary/aromatic N) is 2. The quantitative estimate of drug-likeness (QED) is 0.223. The van der Waals surface area contributed by atoms with Gasteiger partial charge < -0.3 is 0 Å². The molecule has 0 spiro atoms. The summed E-state index contributed by atoms with van der Waals surface area (Å²) < 4.78 is 15.1. The first-order chi connectivity index (χ1) is 17.2. The van der Waals surface area contributed by atoms with E-state index < -0.39 is 0 Å². The Morgan fingerprint density at radius 2 is 1.34 bits per heavy atom. The highest BCUT2D eigenvalue weighted by Crippen LogP contribution is 2.39. The Morgan fingerprint density at radius 1 is 0.743 bits per heavy atom. The molecule has 1 aliphatic rings. The molecule has 0 saturated heterocycles. The lowest BCUT2D eigenvalue weighted by molar-refractivity contribution is 0.298. The summed E-state index contributed by atoms with van der Waals surface area (Å²) in [7, 11) is 0. The van der Waals surface area contributed by atoms with E-state index in [0.29, 0.717) is 11.7 Å². The fourth-order valence-electron chi connectivity index (χ4n) is 5.72. The number of hydrogen-bond donors (Lipinski definition) is 0. The number of benzene rings is 1. The first-order valence-electron chi connectivity index (χ1n) is 14.8. The van der Waals surface area contributed by atoms with E-state index >= 15 is 4.39 Å². The highest BCUT2D eigenvalue weighted by molar-refractivity contribution is 5.55. The van der Waals surface area contributed by atoms with Gasteiger partial charge in [0.25, 0.3) is 0 Å². The molecule has 0 aliphatic heterocycles. The van der Waals surface area contributed by atoms with Crippen molar-refractivity contribution >= 4 is 0 Å². The van der Waals surface area contributed by atoms with E-state index in [2.05, 4.69) is 23.8 Å². The van der Waals surface area contributed by atoms with Crippen molar-refractivity contribution in [2.75, 3.05) is 0 Å². The van der Waals surface area contributed by atoms with Gasteiger partial charge in [0.15, 0.2) is 5.82 Å². The van der Waals surface area contributed by atoms with Crippen molar-refractivity contribution in [2.45, 2.75) is 135 Å². The van der Waals surface area contributed by atoms with Gasteiger partial charge in [-0.3, -0.25) is 0 Å². The minimum Gasteiger partial charge on any atom is -0.236 e. The van der Waals surface area contributed by atoms with Gasteiger partial charge in [-0.15, -0.1) is 0 Å². The van der Waals surface area contributed by atoms with Gasteiger partial charge in [0.05, 0.1) is 0 Å². The largest absolute Gasteiger partial charge is 0.236 e. The van der Waals surface area contributed by atoms with Crippen LogP contribution in [0.25, 0.3) is 11.4 Å². The Morgan fingerprint density at radius 3 is 1.97 bits per heavy atom. The fourth-order valence-corrected chi connectivity index (χ4v) is 5.72. The summed E-state index contributed by atoms with van der Waals surface area (Å²) in [6, 6.07) is 5.67. The van der Waals surface area contributed by atoms with Gasteiger partial charge >= 0.3 is 0 Å². The van der Waals surface area contributed by atoms with Gasteiger partial charge in [-0.25, -0.2) is 14.4 Å². The minimum absolute atomic E-state index is 0.0818. The number of aryl methyl sites for hydroxylation is 1. The highest BCUT2D eigenvalue weighted by Gasteiger charge is 2.24. The Hall–Kier alpha value is -1.77. The van der Waals surface area contributed by atoms with Crippen LogP contribution in [0.3, 0.4) is 0 Å². The summed E-state index contributed by atoms with van der Waals surface area (Å²) in [5, 5.41) is 0. The van der Waals surface area contributed by atoms with Gasteiger partial charge in [-0.1, -0.05) is 103 Å². The molecule has 0 amide bonds. The van der Waals surface area contributed by atoms with Crippen LogP contribution in [0.4, 0.5) is 4.39 Å². The summed E-state index contributed by atoms with van der Waals surface area (Å²) >= 11 is 0. The third-order valence-electron chi connectivity index (χ3n) is 8.04. The topological polar surface area (TPSA) is 25.8 Å². The molecule has 194 valence electrons. The van der Waals surface area contributed by atoms with E-state index in [4.69, 9.17) is 0 Å². The summed E-state index contributed by atoms with van der Waals surface area (Å²) in [6.07, 6.45) is 27.0. The summed E-state index contributed by atoms with van der Waals surface area (Å²) in [5.74, 6) is 1.76. The van der Waals surface area contributed by atoms with Crippen LogP contribution in [0.1, 0.15) is 140 Å². The molecule has 1 fully saturated rings. The van der Waals surface area contributed by atoms with Crippen LogP contribution in [-0.4, -0.2) is 9.97 Å². The zero-order valence-electron chi connectivity index (χ0n) is 22.5. The Balaban J connectivity index is 1.42. The zero-order chi connectivity index (χ0) is 24.7. The predicted molar refractivity (Wildman–Crippen MR) is 147 cm³/mol. The van der Waals surface area contributed by atoms with Gasteiger partial charge in [-0.2, -0.15) is 0 Å². The molecule has 0 unspecified atom stereocenters. The van der Waals surface area contributed by atoms with Crippen molar-refractivity contribution < 1.29 is 4.39 Å². The second kappa shape index (κ2) is 16.1. The van der Waals surface area contributed by atoms with Crippen LogP contribution in [-0.2, 0) is 6.42 Å². The molecule has 0 N–H and O–H groups in total. The number of hydrogen-bond acceptors (Lipinski definition) is 2. The van der Waals surface area contributed by atoms with Gasteiger partial charge in [0.1, 0.15) is 5.82 Å². The van der Waals surface area contributed by atoms with E-state index in [9.17, 15) is 0 Å². The van der Waals surface area contributed by atoms with Gasteiger partial charge in [0.2, 0.25) is 0 Å². The maximum absolute atomic E-state index is 15.1. The average molecular weight is 481 g/mol. The Labute approximate surface area is 214 Å². The molecule has 1 aliphatic carbocycles. The molecule has 1 heterocycles. The molecular formula is C32H49FN2. The molecule has 0 radical (unpaired) electrons. The van der Waals surface area contributed by atoms with Gasteiger partial charge in [-0.05, 0) is 67.6 Å². The van der Waals surface area contributed by atoms with E-state index in [-0.39, 0.29) is 5.82 Å². The first kappa shape index (κ1) is 27.8. The molecule has 3 heteroatoms. The first-order valence-corrected chi connectivity index (χ1v) is 14.8. The Kier molecular flexibility index (Phi) is 12.8. The van der Waals surface area contributed by atoms with Crippen molar-refractivity contribution in [3.8, 4) is 11.4 Å². The summed E-state index contributed by atoms with van der Waals surface area (Å²) in [5.41, 5.74) is 2.86. The van der Waals surface area contributed by atoms with E-state index in [0.717, 1.165) is 36.3 Å². The number of rotatable bonds is 16. The van der Waals surface area contributed by atoms with Crippen molar-refractivity contribution in [1.82, 2.24) is 9.97 Å². The molecule has 1 saturated carbocycles. The van der Waals surface area contributed by atoms with Crippen LogP contribution in [0.5, 0.6) is 0 Å². The standard InChI is InChI=1S/C32H49FN2/c1-3-5-7-9-11-13-15-26-17-19-28(20-18-26)30-22-21-29(23-31(30)33)32-34-24-27(25-35-32)16-14-12-10-8-6-4-2/h21-26,28H,3-20H2,1-2H3/t26-,28-. The number of halogens is 1. The minimum atomic E-state index is -0.0818. The third kappa shape index (κ3) is 9.66. The molecular weight excluding hydrogens is 431 g/mol. The second-order valence-corrected chi connectivity index (χ2v) is 10.9. The van der Waals surface area contributed by atoms with Crippen LogP contribution >= 0.6 is 0 Å². The zero-order valence-corrected chi connectivity index (χ0v) is 22.5. The summed E-state index contributed by atoms with van der Waals surface area (Å²) in [4.78, 5) is 9.09. The average Bonchev–Trinajstić information content (AvgIpc) is 2.89. The van der Waals surface area contributed by atoms with E-state index in [1.807, 2.05) is 24.5 Å². The van der Waals surface area contributed by atoms with Crippen LogP contribution in [0, 0.1) is 11.7 Å². The monoisotopic (exact) mass is 480 g/mol. The molecule has 1 aromatic carbocycles. The maximum atomic E-state index is 15.1. The fraction of sp³-hybridized carbons (Fsp3) is 0.688. The molecule has 0 bridgehead atoms. The van der Waals surface area contributed by atoms with E-state index in [1.165, 1.54) is 102 Å². The lowest BCUT2D eigenvalue weighted by Crippen LogP contribution is -2.14. The Bertz CT molecular complexity index is 824. The van der Waals surface area contributed by atoms with E-state index in [1.54, 1.807) is 6.07 Å².